The van der Waals surface area contributed by atoms with Crippen LogP contribution in [0.4, 0.5) is 0 Å². The monoisotopic (exact) mass is 177 g/mol. The van der Waals surface area contributed by atoms with E-state index in [-0.39, 0.29) is 0 Å². The fourth-order valence-corrected chi connectivity index (χ4v) is 2.14. The van der Waals surface area contributed by atoms with Gasteiger partial charge in [-0.15, -0.1) is 0 Å². The number of rotatable bonds is 2. The Kier molecular flexibility index (Phi) is 2.62. The maximum absolute atomic E-state index is 5.12. The molecule has 1 aliphatic rings. The Balaban J connectivity index is 2.26. The standard InChI is InChI=1S/C11H15NO/c12-13-8-10-6-3-5-9-4-1-2-7-11(9)10/h1-2,4,7,10H,3,5-6,8,12H2. The maximum atomic E-state index is 5.12. The molecule has 0 aromatic heterocycles. The van der Waals surface area contributed by atoms with Crippen molar-refractivity contribution in [3.8, 4) is 0 Å². The third-order valence-corrected chi connectivity index (χ3v) is 2.79. The zero-order chi connectivity index (χ0) is 9.10. The van der Waals surface area contributed by atoms with Crippen LogP contribution >= 0.6 is 0 Å². The van der Waals surface area contributed by atoms with Crippen molar-refractivity contribution >= 4 is 0 Å². The molecule has 0 spiro atoms. The summed E-state index contributed by atoms with van der Waals surface area (Å²) in [4.78, 5) is 4.74. The van der Waals surface area contributed by atoms with Crippen LogP contribution in [0.3, 0.4) is 0 Å². The molecule has 1 unspecified atom stereocenters. The second kappa shape index (κ2) is 3.90. The third-order valence-electron chi connectivity index (χ3n) is 2.79. The molecule has 0 bridgehead atoms. The molecule has 2 heteroatoms. The zero-order valence-corrected chi connectivity index (χ0v) is 7.70. The quantitative estimate of drug-likeness (QED) is 0.701. The number of hydrogen-bond donors (Lipinski definition) is 1. The van der Waals surface area contributed by atoms with E-state index in [1.165, 1.54) is 30.4 Å². The Labute approximate surface area is 78.7 Å². The van der Waals surface area contributed by atoms with Gasteiger partial charge in [-0.3, -0.25) is 0 Å². The van der Waals surface area contributed by atoms with Crippen molar-refractivity contribution in [2.45, 2.75) is 25.2 Å². The van der Waals surface area contributed by atoms with Gasteiger partial charge < -0.3 is 4.84 Å². The molecule has 0 fully saturated rings. The first-order chi connectivity index (χ1) is 6.42. The van der Waals surface area contributed by atoms with Crippen molar-refractivity contribution < 1.29 is 4.84 Å². The van der Waals surface area contributed by atoms with Gasteiger partial charge in [0.25, 0.3) is 0 Å². The lowest BCUT2D eigenvalue weighted by Crippen LogP contribution is -2.16. The van der Waals surface area contributed by atoms with Gasteiger partial charge in [0.2, 0.25) is 0 Å². The van der Waals surface area contributed by atoms with E-state index in [2.05, 4.69) is 24.3 Å². The molecule has 1 aromatic rings. The third kappa shape index (κ3) is 1.74. The summed E-state index contributed by atoms with van der Waals surface area (Å²) in [5, 5.41) is 0. The first-order valence-corrected chi connectivity index (χ1v) is 4.81. The zero-order valence-electron chi connectivity index (χ0n) is 7.70. The fourth-order valence-electron chi connectivity index (χ4n) is 2.14. The highest BCUT2D eigenvalue weighted by molar-refractivity contribution is 5.32. The minimum Gasteiger partial charge on any atom is -0.304 e. The minimum atomic E-state index is 0.509. The molecule has 0 aliphatic heterocycles. The first-order valence-electron chi connectivity index (χ1n) is 4.81. The molecule has 1 aliphatic carbocycles. The van der Waals surface area contributed by atoms with E-state index in [1.54, 1.807) is 0 Å². The Morgan fingerprint density at radius 1 is 1.38 bits per heavy atom. The summed E-state index contributed by atoms with van der Waals surface area (Å²) in [6, 6.07) is 8.59. The Hall–Kier alpha value is -0.860. The largest absolute Gasteiger partial charge is 0.304 e. The number of benzene rings is 1. The Morgan fingerprint density at radius 2 is 2.23 bits per heavy atom. The van der Waals surface area contributed by atoms with E-state index in [1.807, 2.05) is 0 Å². The van der Waals surface area contributed by atoms with Gasteiger partial charge in [0.05, 0.1) is 6.61 Å². The van der Waals surface area contributed by atoms with Gasteiger partial charge in [-0.05, 0) is 30.4 Å². The number of fused-ring (bicyclic) bond motifs is 1. The first kappa shape index (κ1) is 8.73. The lowest BCUT2D eigenvalue weighted by molar-refractivity contribution is 0.118. The molecular formula is C11H15NO. The van der Waals surface area contributed by atoms with Crippen LogP contribution in [0.5, 0.6) is 0 Å². The summed E-state index contributed by atoms with van der Waals surface area (Å²) >= 11 is 0. The van der Waals surface area contributed by atoms with Gasteiger partial charge in [0.1, 0.15) is 0 Å². The smallest absolute Gasteiger partial charge is 0.0747 e. The van der Waals surface area contributed by atoms with Crippen LogP contribution in [0.1, 0.15) is 29.9 Å². The predicted octanol–water partition coefficient (Wildman–Crippen LogP) is 2.00. The molecule has 1 atom stereocenters. The van der Waals surface area contributed by atoms with E-state index in [0.717, 1.165) is 0 Å². The molecule has 2 N–H and O–H groups in total. The summed E-state index contributed by atoms with van der Waals surface area (Å²) in [5.41, 5.74) is 2.90. The van der Waals surface area contributed by atoms with Gasteiger partial charge in [0, 0.05) is 5.92 Å². The molecule has 0 radical (unpaired) electrons. The highest BCUT2D eigenvalue weighted by Gasteiger charge is 2.19. The molecule has 0 saturated heterocycles. The minimum absolute atomic E-state index is 0.509. The van der Waals surface area contributed by atoms with Gasteiger partial charge in [0.15, 0.2) is 0 Å². The second-order valence-electron chi connectivity index (χ2n) is 3.62. The summed E-state index contributed by atoms with van der Waals surface area (Å²) < 4.78 is 0. The van der Waals surface area contributed by atoms with Crippen LogP contribution in [0.2, 0.25) is 0 Å². The fraction of sp³-hybridized carbons (Fsp3) is 0.455. The molecule has 13 heavy (non-hydrogen) atoms. The normalized spacial score (nSPS) is 21.2. The molecule has 0 amide bonds. The Morgan fingerprint density at radius 3 is 3.08 bits per heavy atom. The summed E-state index contributed by atoms with van der Waals surface area (Å²) in [6.07, 6.45) is 3.66. The van der Waals surface area contributed by atoms with Crippen molar-refractivity contribution in [3.63, 3.8) is 0 Å². The van der Waals surface area contributed by atoms with Crippen molar-refractivity contribution in [3.05, 3.63) is 35.4 Å². The van der Waals surface area contributed by atoms with E-state index in [4.69, 9.17) is 10.7 Å². The van der Waals surface area contributed by atoms with E-state index in [9.17, 15) is 0 Å². The van der Waals surface area contributed by atoms with Crippen molar-refractivity contribution in [1.82, 2.24) is 0 Å². The maximum Gasteiger partial charge on any atom is 0.0747 e. The van der Waals surface area contributed by atoms with Crippen LogP contribution in [0, 0.1) is 0 Å². The van der Waals surface area contributed by atoms with Crippen molar-refractivity contribution in [2.75, 3.05) is 6.61 Å². The topological polar surface area (TPSA) is 35.2 Å². The van der Waals surface area contributed by atoms with Crippen LogP contribution in [0.25, 0.3) is 0 Å². The van der Waals surface area contributed by atoms with E-state index < -0.39 is 0 Å². The molecule has 0 saturated carbocycles. The SMILES string of the molecule is NOCC1CCCc2ccccc21. The predicted molar refractivity (Wildman–Crippen MR) is 52.3 cm³/mol. The van der Waals surface area contributed by atoms with Gasteiger partial charge >= 0.3 is 0 Å². The molecular weight excluding hydrogens is 162 g/mol. The van der Waals surface area contributed by atoms with E-state index >= 15 is 0 Å². The average Bonchev–Trinajstić information content (AvgIpc) is 2.19. The summed E-state index contributed by atoms with van der Waals surface area (Å²) in [7, 11) is 0. The van der Waals surface area contributed by atoms with E-state index in [0.29, 0.717) is 12.5 Å². The average molecular weight is 177 g/mol. The highest BCUT2D eigenvalue weighted by atomic mass is 16.6. The van der Waals surface area contributed by atoms with Crippen molar-refractivity contribution in [1.29, 1.82) is 0 Å². The van der Waals surface area contributed by atoms with Crippen LogP contribution < -0.4 is 5.90 Å². The van der Waals surface area contributed by atoms with Crippen LogP contribution in [0.15, 0.2) is 24.3 Å². The Bertz CT molecular complexity index is 285. The molecule has 2 rings (SSSR count). The number of nitrogens with two attached hydrogens (primary N) is 1. The van der Waals surface area contributed by atoms with Crippen LogP contribution in [-0.2, 0) is 11.3 Å². The molecule has 0 heterocycles. The summed E-state index contributed by atoms with van der Waals surface area (Å²) in [5.74, 6) is 5.63. The van der Waals surface area contributed by atoms with Gasteiger partial charge in [-0.2, -0.15) is 0 Å². The van der Waals surface area contributed by atoms with Crippen LogP contribution in [-0.4, -0.2) is 6.61 Å². The lowest BCUT2D eigenvalue weighted by Gasteiger charge is -2.24. The van der Waals surface area contributed by atoms with Crippen molar-refractivity contribution in [2.24, 2.45) is 5.90 Å². The number of aryl methyl sites for hydroxylation is 1. The lowest BCUT2D eigenvalue weighted by atomic mass is 9.83. The molecule has 2 nitrogen and oxygen atoms in total. The summed E-state index contributed by atoms with van der Waals surface area (Å²) in [6.45, 7) is 0.650. The number of hydrogen-bond acceptors (Lipinski definition) is 2. The van der Waals surface area contributed by atoms with Gasteiger partial charge in [-0.25, -0.2) is 5.90 Å². The highest BCUT2D eigenvalue weighted by Crippen LogP contribution is 2.31. The molecule has 1 aromatic carbocycles. The van der Waals surface area contributed by atoms with Gasteiger partial charge in [-0.1, -0.05) is 24.3 Å². The molecule has 70 valence electrons. The second-order valence-corrected chi connectivity index (χ2v) is 3.62.